The Balaban J connectivity index is 1.95. The third kappa shape index (κ3) is 4.24. The highest BCUT2D eigenvalue weighted by molar-refractivity contribution is 7.09. The molecule has 0 aliphatic carbocycles. The minimum atomic E-state index is -0.182. The maximum Gasteiger partial charge on any atom is 0.0928 e. The molecule has 2 atom stereocenters. The van der Waals surface area contributed by atoms with Gasteiger partial charge >= 0.3 is 0 Å². The van der Waals surface area contributed by atoms with Crippen molar-refractivity contribution in [3.8, 4) is 0 Å². The van der Waals surface area contributed by atoms with Gasteiger partial charge in [-0.25, -0.2) is 4.98 Å². The van der Waals surface area contributed by atoms with Crippen LogP contribution >= 0.6 is 11.3 Å². The Morgan fingerprint density at radius 3 is 3.00 bits per heavy atom. The molecule has 2 rings (SSSR count). The lowest BCUT2D eigenvalue weighted by molar-refractivity contribution is 0.168. The van der Waals surface area contributed by atoms with Crippen LogP contribution in [-0.2, 0) is 13.0 Å². The van der Waals surface area contributed by atoms with E-state index in [2.05, 4.69) is 41.2 Å². The van der Waals surface area contributed by atoms with Crippen molar-refractivity contribution in [2.45, 2.75) is 44.9 Å². The predicted molar refractivity (Wildman–Crippen MR) is 79.5 cm³/mol. The Labute approximate surface area is 120 Å². The second kappa shape index (κ2) is 6.79. The van der Waals surface area contributed by atoms with Gasteiger partial charge in [0.2, 0.25) is 0 Å². The molecular formula is C14H25N3OS. The summed E-state index contributed by atoms with van der Waals surface area (Å²) in [6.45, 7) is 4.84. The van der Waals surface area contributed by atoms with Gasteiger partial charge in [0.05, 0.1) is 16.8 Å². The molecule has 1 aliphatic rings. The molecule has 2 unspecified atom stereocenters. The molecule has 0 bridgehead atoms. The highest BCUT2D eigenvalue weighted by Gasteiger charge is 2.31. The summed E-state index contributed by atoms with van der Waals surface area (Å²) < 4.78 is 0. The summed E-state index contributed by atoms with van der Waals surface area (Å²) in [6.07, 6.45) is 2.93. The molecule has 0 amide bonds. The Morgan fingerprint density at radius 1 is 1.53 bits per heavy atom. The van der Waals surface area contributed by atoms with E-state index in [1.807, 2.05) is 0 Å². The van der Waals surface area contributed by atoms with Gasteiger partial charge in [-0.05, 0) is 33.4 Å². The van der Waals surface area contributed by atoms with E-state index in [1.54, 1.807) is 11.3 Å². The number of likely N-dealkylation sites (tertiary alicyclic amines) is 1. The molecule has 1 saturated heterocycles. The molecule has 0 saturated carbocycles. The summed E-state index contributed by atoms with van der Waals surface area (Å²) >= 11 is 1.76. The number of nitrogens with zero attached hydrogens (tertiary/aromatic N) is 3. The second-order valence-corrected chi connectivity index (χ2v) is 6.66. The van der Waals surface area contributed by atoms with Gasteiger partial charge in [-0.3, -0.25) is 4.90 Å². The third-order valence-electron chi connectivity index (χ3n) is 3.51. The minimum absolute atomic E-state index is 0.182. The standard InChI is InChI=1S/C14H25N3OS/c1-4-5-14-15-11(10-19-14)7-17-9-13(18)6-12(17)8-16(2)3/h10,12-13,18H,4-9H2,1-3H3. The molecule has 0 radical (unpaired) electrons. The van der Waals surface area contributed by atoms with Crippen molar-refractivity contribution < 1.29 is 5.11 Å². The Kier molecular flexibility index (Phi) is 5.33. The van der Waals surface area contributed by atoms with Crippen LogP contribution in [0.25, 0.3) is 0 Å². The van der Waals surface area contributed by atoms with E-state index in [-0.39, 0.29) is 6.10 Å². The average Bonchev–Trinajstić information content (AvgIpc) is 2.87. The van der Waals surface area contributed by atoms with Crippen LogP contribution in [0.2, 0.25) is 0 Å². The molecule has 1 fully saturated rings. The molecule has 19 heavy (non-hydrogen) atoms. The van der Waals surface area contributed by atoms with Crippen LogP contribution in [0.3, 0.4) is 0 Å². The number of aliphatic hydroxyl groups is 1. The molecule has 2 heterocycles. The maximum absolute atomic E-state index is 9.87. The van der Waals surface area contributed by atoms with Gasteiger partial charge in [-0.15, -0.1) is 11.3 Å². The first-order chi connectivity index (χ1) is 9.08. The van der Waals surface area contributed by atoms with Gasteiger partial charge in [0.1, 0.15) is 0 Å². The van der Waals surface area contributed by atoms with Crippen LogP contribution in [0.4, 0.5) is 0 Å². The minimum Gasteiger partial charge on any atom is -0.392 e. The van der Waals surface area contributed by atoms with E-state index in [9.17, 15) is 5.11 Å². The Bertz CT molecular complexity index is 394. The van der Waals surface area contributed by atoms with Crippen molar-refractivity contribution in [2.75, 3.05) is 27.2 Å². The lowest BCUT2D eigenvalue weighted by Crippen LogP contribution is -2.37. The number of hydrogen-bond donors (Lipinski definition) is 1. The normalized spacial score (nSPS) is 24.5. The first-order valence-electron chi connectivity index (χ1n) is 7.08. The topological polar surface area (TPSA) is 39.6 Å². The molecule has 0 spiro atoms. The van der Waals surface area contributed by atoms with Crippen molar-refractivity contribution in [1.82, 2.24) is 14.8 Å². The highest BCUT2D eigenvalue weighted by atomic mass is 32.1. The van der Waals surface area contributed by atoms with E-state index >= 15 is 0 Å². The van der Waals surface area contributed by atoms with Gasteiger partial charge in [0, 0.05) is 31.1 Å². The van der Waals surface area contributed by atoms with Gasteiger partial charge in [-0.2, -0.15) is 0 Å². The van der Waals surface area contributed by atoms with Gasteiger partial charge in [0.25, 0.3) is 0 Å². The summed E-state index contributed by atoms with van der Waals surface area (Å²) in [5, 5.41) is 13.3. The Hall–Kier alpha value is -0.490. The molecule has 4 nitrogen and oxygen atoms in total. The number of hydrogen-bond acceptors (Lipinski definition) is 5. The first kappa shape index (κ1) is 14.9. The summed E-state index contributed by atoms with van der Waals surface area (Å²) in [7, 11) is 4.18. The van der Waals surface area contributed by atoms with Crippen LogP contribution in [0.15, 0.2) is 5.38 Å². The summed E-state index contributed by atoms with van der Waals surface area (Å²) in [6, 6.07) is 0.446. The monoisotopic (exact) mass is 283 g/mol. The van der Waals surface area contributed by atoms with Crippen molar-refractivity contribution in [1.29, 1.82) is 0 Å². The first-order valence-corrected chi connectivity index (χ1v) is 7.96. The van der Waals surface area contributed by atoms with Crippen LogP contribution in [0, 0.1) is 0 Å². The molecule has 0 aromatic carbocycles. The fraction of sp³-hybridized carbons (Fsp3) is 0.786. The van der Waals surface area contributed by atoms with Crippen molar-refractivity contribution >= 4 is 11.3 Å². The zero-order valence-corrected chi connectivity index (χ0v) is 13.0. The molecular weight excluding hydrogens is 258 g/mol. The Morgan fingerprint density at radius 2 is 2.32 bits per heavy atom. The second-order valence-electron chi connectivity index (χ2n) is 5.72. The third-order valence-corrected chi connectivity index (χ3v) is 4.47. The van der Waals surface area contributed by atoms with Crippen LogP contribution in [0.1, 0.15) is 30.5 Å². The summed E-state index contributed by atoms with van der Waals surface area (Å²) in [4.78, 5) is 9.25. The quantitative estimate of drug-likeness (QED) is 0.861. The fourth-order valence-electron chi connectivity index (χ4n) is 2.72. The number of aryl methyl sites for hydroxylation is 1. The van der Waals surface area contributed by atoms with E-state index < -0.39 is 0 Å². The number of aliphatic hydroxyl groups excluding tert-OH is 1. The number of thiazole rings is 1. The lowest BCUT2D eigenvalue weighted by atomic mass is 10.2. The molecule has 1 aromatic heterocycles. The average molecular weight is 283 g/mol. The van der Waals surface area contributed by atoms with Crippen molar-refractivity contribution in [3.63, 3.8) is 0 Å². The molecule has 1 aliphatic heterocycles. The van der Waals surface area contributed by atoms with E-state index in [4.69, 9.17) is 0 Å². The van der Waals surface area contributed by atoms with E-state index in [0.29, 0.717) is 6.04 Å². The van der Waals surface area contributed by atoms with Crippen molar-refractivity contribution in [2.24, 2.45) is 0 Å². The van der Waals surface area contributed by atoms with Gasteiger partial charge < -0.3 is 10.0 Å². The maximum atomic E-state index is 9.87. The summed E-state index contributed by atoms with van der Waals surface area (Å²) in [5.74, 6) is 0. The molecule has 108 valence electrons. The van der Waals surface area contributed by atoms with Crippen LogP contribution < -0.4 is 0 Å². The SMILES string of the molecule is CCCc1nc(CN2CC(O)CC2CN(C)C)cs1. The summed E-state index contributed by atoms with van der Waals surface area (Å²) in [5.41, 5.74) is 1.16. The molecule has 1 N–H and O–H groups in total. The zero-order chi connectivity index (χ0) is 13.8. The highest BCUT2D eigenvalue weighted by Crippen LogP contribution is 2.22. The van der Waals surface area contributed by atoms with Gasteiger partial charge in [-0.1, -0.05) is 6.92 Å². The van der Waals surface area contributed by atoms with Gasteiger partial charge in [0.15, 0.2) is 0 Å². The largest absolute Gasteiger partial charge is 0.392 e. The number of likely N-dealkylation sites (N-methyl/N-ethyl adjacent to an activating group) is 1. The lowest BCUT2D eigenvalue weighted by Gasteiger charge is -2.25. The molecule has 1 aromatic rings. The number of β-amino-alcohol motifs (C(OH)–C–C–N with tert-alkyl or cyclic N) is 1. The van der Waals surface area contributed by atoms with E-state index in [1.165, 1.54) is 5.01 Å². The number of rotatable bonds is 6. The predicted octanol–water partition coefficient (Wildman–Crippen LogP) is 1.59. The zero-order valence-electron chi connectivity index (χ0n) is 12.2. The fourth-order valence-corrected chi connectivity index (χ4v) is 3.61. The van der Waals surface area contributed by atoms with Crippen molar-refractivity contribution in [3.05, 3.63) is 16.1 Å². The van der Waals surface area contributed by atoms with Crippen LogP contribution in [-0.4, -0.2) is 59.2 Å². The smallest absolute Gasteiger partial charge is 0.0928 e. The van der Waals surface area contributed by atoms with E-state index in [0.717, 1.165) is 44.6 Å². The van der Waals surface area contributed by atoms with Crippen LogP contribution in [0.5, 0.6) is 0 Å². The number of aromatic nitrogens is 1. The molecule has 5 heteroatoms.